The van der Waals surface area contributed by atoms with Gasteiger partial charge in [0.05, 0.1) is 29.0 Å². The van der Waals surface area contributed by atoms with Gasteiger partial charge in [-0.3, -0.25) is 9.48 Å². The Labute approximate surface area is 181 Å². The number of fused-ring (bicyclic) bond motifs is 1. The summed E-state index contributed by atoms with van der Waals surface area (Å²) < 4.78 is 15.2. The number of pyridine rings is 1. The van der Waals surface area contributed by atoms with Crippen LogP contribution in [0.4, 0.5) is 4.39 Å². The SMILES string of the molecule is CC[C@H](c1ccc(F)cc1)N(C)C(=O)c1cc(-c2cnn(C)c2C)nc2ccccc12. The number of aromatic nitrogens is 3. The Morgan fingerprint density at radius 3 is 2.52 bits per heavy atom. The van der Waals surface area contributed by atoms with Crippen LogP contribution in [0.5, 0.6) is 0 Å². The van der Waals surface area contributed by atoms with Gasteiger partial charge < -0.3 is 4.90 Å². The van der Waals surface area contributed by atoms with Crippen molar-refractivity contribution in [1.29, 1.82) is 0 Å². The van der Waals surface area contributed by atoms with E-state index in [1.807, 2.05) is 51.2 Å². The highest BCUT2D eigenvalue weighted by Crippen LogP contribution is 2.30. The van der Waals surface area contributed by atoms with Crippen LogP contribution in [0.15, 0.2) is 60.8 Å². The lowest BCUT2D eigenvalue weighted by molar-refractivity contribution is 0.0728. The molecule has 0 aliphatic rings. The van der Waals surface area contributed by atoms with Crippen molar-refractivity contribution in [2.75, 3.05) is 7.05 Å². The van der Waals surface area contributed by atoms with Crippen molar-refractivity contribution in [3.05, 3.63) is 83.4 Å². The summed E-state index contributed by atoms with van der Waals surface area (Å²) in [7, 11) is 3.68. The maximum Gasteiger partial charge on any atom is 0.254 e. The molecule has 158 valence electrons. The van der Waals surface area contributed by atoms with Gasteiger partial charge in [-0.2, -0.15) is 5.10 Å². The van der Waals surface area contributed by atoms with Gasteiger partial charge in [-0.15, -0.1) is 0 Å². The Kier molecular flexibility index (Phi) is 5.55. The second kappa shape index (κ2) is 8.30. The van der Waals surface area contributed by atoms with E-state index in [-0.39, 0.29) is 17.8 Å². The largest absolute Gasteiger partial charge is 0.335 e. The van der Waals surface area contributed by atoms with Crippen molar-refractivity contribution >= 4 is 16.8 Å². The van der Waals surface area contributed by atoms with E-state index < -0.39 is 0 Å². The van der Waals surface area contributed by atoms with Gasteiger partial charge in [0, 0.05) is 30.7 Å². The van der Waals surface area contributed by atoms with E-state index in [0.717, 1.165) is 33.4 Å². The first kappa shape index (κ1) is 20.7. The molecule has 0 aliphatic heterocycles. The summed E-state index contributed by atoms with van der Waals surface area (Å²) in [6, 6.07) is 15.7. The second-order valence-electron chi connectivity index (χ2n) is 7.73. The number of nitrogens with zero attached hydrogens (tertiary/aromatic N) is 4. The Hall–Kier alpha value is -3.54. The van der Waals surface area contributed by atoms with Crippen LogP contribution < -0.4 is 0 Å². The van der Waals surface area contributed by atoms with Crippen LogP contribution in [0, 0.1) is 12.7 Å². The zero-order valence-electron chi connectivity index (χ0n) is 18.1. The lowest BCUT2D eigenvalue weighted by Gasteiger charge is -2.28. The van der Waals surface area contributed by atoms with Crippen LogP contribution in [0.2, 0.25) is 0 Å². The van der Waals surface area contributed by atoms with Gasteiger partial charge in [-0.05, 0) is 43.2 Å². The highest BCUT2D eigenvalue weighted by atomic mass is 19.1. The lowest BCUT2D eigenvalue weighted by Crippen LogP contribution is -2.31. The molecule has 0 aliphatic carbocycles. The molecule has 0 radical (unpaired) electrons. The Morgan fingerprint density at radius 1 is 1.16 bits per heavy atom. The molecule has 0 N–H and O–H groups in total. The van der Waals surface area contributed by atoms with Crippen molar-refractivity contribution in [3.8, 4) is 11.3 Å². The predicted octanol–water partition coefficient (Wildman–Crippen LogP) is 5.31. The summed E-state index contributed by atoms with van der Waals surface area (Å²) in [4.78, 5) is 20.2. The molecule has 6 heteroatoms. The number of carbonyl (C=O) groups is 1. The molecule has 0 saturated heterocycles. The molecule has 0 unspecified atom stereocenters. The fourth-order valence-corrected chi connectivity index (χ4v) is 3.99. The summed E-state index contributed by atoms with van der Waals surface area (Å²) in [6.45, 7) is 4.00. The smallest absolute Gasteiger partial charge is 0.254 e. The number of amides is 1. The Morgan fingerprint density at radius 2 is 1.87 bits per heavy atom. The van der Waals surface area contributed by atoms with Gasteiger partial charge >= 0.3 is 0 Å². The van der Waals surface area contributed by atoms with Crippen molar-refractivity contribution in [3.63, 3.8) is 0 Å². The third-order valence-electron chi connectivity index (χ3n) is 5.89. The third kappa shape index (κ3) is 3.81. The Balaban J connectivity index is 1.81. The zero-order valence-corrected chi connectivity index (χ0v) is 18.1. The summed E-state index contributed by atoms with van der Waals surface area (Å²) in [5.74, 6) is -0.387. The molecule has 0 bridgehead atoms. The van der Waals surface area contributed by atoms with Crippen molar-refractivity contribution in [2.24, 2.45) is 7.05 Å². The van der Waals surface area contributed by atoms with Crippen LogP contribution in [-0.4, -0.2) is 32.6 Å². The van der Waals surface area contributed by atoms with E-state index in [4.69, 9.17) is 4.98 Å². The van der Waals surface area contributed by atoms with Crippen LogP contribution in [0.3, 0.4) is 0 Å². The summed E-state index contributed by atoms with van der Waals surface area (Å²) in [6.07, 6.45) is 2.49. The van der Waals surface area contributed by atoms with Gasteiger partial charge in [-0.1, -0.05) is 37.3 Å². The van der Waals surface area contributed by atoms with Gasteiger partial charge in [0.2, 0.25) is 0 Å². The topological polar surface area (TPSA) is 51.0 Å². The van der Waals surface area contributed by atoms with E-state index in [9.17, 15) is 9.18 Å². The van der Waals surface area contributed by atoms with Crippen LogP contribution in [-0.2, 0) is 7.05 Å². The second-order valence-corrected chi connectivity index (χ2v) is 7.73. The minimum Gasteiger partial charge on any atom is -0.335 e. The Bertz CT molecular complexity index is 1250. The number of hydrogen-bond acceptors (Lipinski definition) is 3. The molecular formula is C25H25FN4O. The van der Waals surface area contributed by atoms with Crippen LogP contribution in [0.1, 0.15) is 41.0 Å². The first-order chi connectivity index (χ1) is 14.9. The fraction of sp³-hybridized carbons (Fsp3) is 0.240. The molecule has 1 amide bonds. The van der Waals surface area contributed by atoms with E-state index in [0.29, 0.717) is 12.0 Å². The standard InChI is InChI=1S/C25H25FN4O/c1-5-24(17-10-12-18(26)13-11-17)29(3)25(31)20-14-23(21-15-27-30(4)16(21)2)28-22-9-7-6-8-19(20)22/h6-15,24H,5H2,1-4H3/t24-/m1/s1. The quantitative estimate of drug-likeness (QED) is 0.443. The minimum atomic E-state index is -0.288. The molecule has 2 aromatic carbocycles. The monoisotopic (exact) mass is 416 g/mol. The number of halogens is 1. The lowest BCUT2D eigenvalue weighted by atomic mass is 10.00. The molecule has 4 aromatic rings. The maximum atomic E-state index is 13.7. The molecule has 0 saturated carbocycles. The number of rotatable bonds is 5. The molecule has 0 fully saturated rings. The average Bonchev–Trinajstić information content (AvgIpc) is 3.12. The van der Waals surface area contributed by atoms with E-state index in [1.165, 1.54) is 12.1 Å². The molecule has 1 atom stereocenters. The van der Waals surface area contributed by atoms with Crippen molar-refractivity contribution < 1.29 is 9.18 Å². The molecule has 2 aromatic heterocycles. The molecule has 2 heterocycles. The minimum absolute atomic E-state index is 0.0995. The van der Waals surface area contributed by atoms with Crippen molar-refractivity contribution in [1.82, 2.24) is 19.7 Å². The van der Waals surface area contributed by atoms with Crippen molar-refractivity contribution in [2.45, 2.75) is 26.3 Å². The van der Waals surface area contributed by atoms with E-state index in [2.05, 4.69) is 5.10 Å². The number of hydrogen-bond donors (Lipinski definition) is 0. The fourth-order valence-electron chi connectivity index (χ4n) is 3.99. The molecule has 0 spiro atoms. The highest BCUT2D eigenvalue weighted by molar-refractivity contribution is 6.07. The summed E-state index contributed by atoms with van der Waals surface area (Å²) in [5, 5.41) is 5.13. The van der Waals surface area contributed by atoms with Gasteiger partial charge in [-0.25, -0.2) is 9.37 Å². The summed E-state index contributed by atoms with van der Waals surface area (Å²) in [5.41, 5.74) is 4.85. The van der Waals surface area contributed by atoms with Gasteiger partial charge in [0.25, 0.3) is 5.91 Å². The zero-order chi connectivity index (χ0) is 22.1. The van der Waals surface area contributed by atoms with E-state index in [1.54, 1.807) is 35.0 Å². The van der Waals surface area contributed by atoms with Gasteiger partial charge in [0.1, 0.15) is 5.82 Å². The first-order valence-corrected chi connectivity index (χ1v) is 10.3. The maximum absolute atomic E-state index is 13.7. The number of para-hydroxylation sites is 1. The molecule has 4 rings (SSSR count). The van der Waals surface area contributed by atoms with E-state index >= 15 is 0 Å². The van der Waals surface area contributed by atoms with Crippen LogP contribution in [0.25, 0.3) is 22.2 Å². The predicted molar refractivity (Wildman–Crippen MR) is 120 cm³/mol. The summed E-state index contributed by atoms with van der Waals surface area (Å²) >= 11 is 0. The van der Waals surface area contributed by atoms with Crippen LogP contribution >= 0.6 is 0 Å². The molecule has 31 heavy (non-hydrogen) atoms. The third-order valence-corrected chi connectivity index (χ3v) is 5.89. The number of carbonyl (C=O) groups excluding carboxylic acids is 1. The number of aryl methyl sites for hydroxylation is 1. The normalized spacial score (nSPS) is 12.2. The highest BCUT2D eigenvalue weighted by Gasteiger charge is 2.24. The number of benzene rings is 2. The molecule has 5 nitrogen and oxygen atoms in total. The first-order valence-electron chi connectivity index (χ1n) is 10.3. The average molecular weight is 417 g/mol. The molecular weight excluding hydrogens is 391 g/mol. The van der Waals surface area contributed by atoms with Gasteiger partial charge in [0.15, 0.2) is 0 Å².